The molecular weight excluding hydrogens is 395 g/mol. The number of carbonyl (C=O) groups is 2. The van der Waals surface area contributed by atoms with Gasteiger partial charge in [-0.05, 0) is 54.8 Å². The summed E-state index contributed by atoms with van der Waals surface area (Å²) in [6.45, 7) is 6.97. The summed E-state index contributed by atoms with van der Waals surface area (Å²) in [6.07, 6.45) is 0.656. The van der Waals surface area contributed by atoms with Crippen LogP contribution in [0.25, 0.3) is 0 Å². The molecule has 0 aliphatic carbocycles. The van der Waals surface area contributed by atoms with Gasteiger partial charge in [0.2, 0.25) is 0 Å². The van der Waals surface area contributed by atoms with Crippen LogP contribution in [0.4, 0.5) is 4.39 Å². The number of hydrogen-bond acceptors (Lipinski definition) is 4. The van der Waals surface area contributed by atoms with Crippen LogP contribution in [0.2, 0.25) is 5.02 Å². The zero-order valence-corrected chi connectivity index (χ0v) is 17.3. The first-order valence-electron chi connectivity index (χ1n) is 9.50. The Bertz CT molecular complexity index is 911. The number of halogens is 2. The van der Waals surface area contributed by atoms with E-state index in [0.717, 1.165) is 30.8 Å². The van der Waals surface area contributed by atoms with Gasteiger partial charge in [0.1, 0.15) is 11.6 Å². The van der Waals surface area contributed by atoms with Crippen molar-refractivity contribution in [2.24, 2.45) is 0 Å². The molecular formula is C22H24ClFN2O3. The van der Waals surface area contributed by atoms with E-state index >= 15 is 0 Å². The Morgan fingerprint density at radius 3 is 2.55 bits per heavy atom. The van der Waals surface area contributed by atoms with Gasteiger partial charge in [-0.1, -0.05) is 17.7 Å². The second-order valence-electron chi connectivity index (χ2n) is 7.27. The summed E-state index contributed by atoms with van der Waals surface area (Å²) in [4.78, 5) is 27.6. The largest absolute Gasteiger partial charge is 0.483 e. The third-order valence-corrected chi connectivity index (χ3v) is 5.42. The van der Waals surface area contributed by atoms with Crippen LogP contribution in [0.1, 0.15) is 27.0 Å². The van der Waals surface area contributed by atoms with Crippen LogP contribution >= 0.6 is 11.6 Å². The molecule has 0 unspecified atom stereocenters. The van der Waals surface area contributed by atoms with E-state index in [1.165, 1.54) is 6.07 Å². The van der Waals surface area contributed by atoms with Crippen molar-refractivity contribution < 1.29 is 18.7 Å². The van der Waals surface area contributed by atoms with E-state index in [0.29, 0.717) is 41.3 Å². The van der Waals surface area contributed by atoms with E-state index in [9.17, 15) is 14.0 Å². The Hall–Kier alpha value is -2.44. The maximum Gasteiger partial charge on any atom is 0.260 e. The molecule has 1 saturated heterocycles. The molecule has 1 heterocycles. The van der Waals surface area contributed by atoms with Gasteiger partial charge in [-0.3, -0.25) is 14.5 Å². The number of ether oxygens (including phenoxy) is 1. The summed E-state index contributed by atoms with van der Waals surface area (Å²) in [5.41, 5.74) is 3.01. The highest BCUT2D eigenvalue weighted by atomic mass is 35.5. The topological polar surface area (TPSA) is 49.9 Å². The van der Waals surface area contributed by atoms with Crippen molar-refractivity contribution >= 4 is 23.8 Å². The van der Waals surface area contributed by atoms with E-state index in [4.69, 9.17) is 16.3 Å². The Morgan fingerprint density at radius 2 is 1.86 bits per heavy atom. The fraction of sp³-hybridized carbons (Fsp3) is 0.364. The van der Waals surface area contributed by atoms with E-state index in [1.807, 2.05) is 13.0 Å². The van der Waals surface area contributed by atoms with Crippen molar-refractivity contribution in [1.82, 2.24) is 9.80 Å². The summed E-state index contributed by atoms with van der Waals surface area (Å²) < 4.78 is 19.2. The van der Waals surface area contributed by atoms with Gasteiger partial charge in [0, 0.05) is 37.7 Å². The fourth-order valence-electron chi connectivity index (χ4n) is 3.38. The highest BCUT2D eigenvalue weighted by molar-refractivity contribution is 6.30. The number of piperazine rings is 1. The van der Waals surface area contributed by atoms with Crippen LogP contribution in [0.5, 0.6) is 5.75 Å². The lowest BCUT2D eigenvalue weighted by Crippen LogP contribution is -2.49. The molecule has 0 atom stereocenters. The van der Waals surface area contributed by atoms with Gasteiger partial charge in [-0.25, -0.2) is 4.39 Å². The third-order valence-electron chi connectivity index (χ3n) is 5.19. The van der Waals surface area contributed by atoms with Gasteiger partial charge < -0.3 is 9.64 Å². The molecule has 0 radical (unpaired) electrons. The zero-order chi connectivity index (χ0) is 21.0. The number of rotatable bonds is 6. The Balaban J connectivity index is 1.51. The van der Waals surface area contributed by atoms with E-state index in [1.54, 1.807) is 30.0 Å². The highest BCUT2D eigenvalue weighted by Gasteiger charge is 2.22. The van der Waals surface area contributed by atoms with Crippen LogP contribution in [0.3, 0.4) is 0 Å². The molecule has 2 aromatic carbocycles. The molecule has 29 heavy (non-hydrogen) atoms. The highest BCUT2D eigenvalue weighted by Crippen LogP contribution is 2.22. The Labute approximate surface area is 175 Å². The molecule has 5 nitrogen and oxygen atoms in total. The third kappa shape index (κ3) is 5.34. The molecule has 3 rings (SSSR count). The van der Waals surface area contributed by atoms with Gasteiger partial charge in [0.25, 0.3) is 5.91 Å². The molecule has 0 N–H and O–H groups in total. The van der Waals surface area contributed by atoms with Crippen LogP contribution < -0.4 is 4.74 Å². The number of hydrogen-bond donors (Lipinski definition) is 0. The minimum absolute atomic E-state index is 0.120. The molecule has 2 aromatic rings. The lowest BCUT2D eigenvalue weighted by Gasteiger charge is -2.35. The van der Waals surface area contributed by atoms with Crippen molar-refractivity contribution in [3.63, 3.8) is 0 Å². The van der Waals surface area contributed by atoms with Crippen LogP contribution in [0.15, 0.2) is 30.3 Å². The van der Waals surface area contributed by atoms with Crippen molar-refractivity contribution in [2.45, 2.75) is 20.4 Å². The van der Waals surface area contributed by atoms with E-state index < -0.39 is 0 Å². The first kappa shape index (κ1) is 21.3. The molecule has 0 spiro atoms. The first-order chi connectivity index (χ1) is 13.9. The predicted molar refractivity (Wildman–Crippen MR) is 110 cm³/mol. The molecule has 0 aromatic heterocycles. The first-order valence-corrected chi connectivity index (χ1v) is 9.88. The number of nitrogens with zero attached hydrogens (tertiary/aromatic N) is 2. The standard InChI is InChI=1S/C22H24ClFN2O3/c1-15-10-20(24)16(2)9-17(15)12-25-5-7-26(8-6-25)22(28)14-29-21-4-3-19(23)11-18(21)13-27/h3-4,9-11,13H,5-8,12,14H2,1-2H3. The zero-order valence-electron chi connectivity index (χ0n) is 16.6. The molecule has 0 saturated carbocycles. The number of amides is 1. The number of aryl methyl sites for hydroxylation is 2. The average Bonchev–Trinajstić information content (AvgIpc) is 2.71. The number of carbonyl (C=O) groups excluding carboxylic acids is 2. The normalized spacial score (nSPS) is 14.7. The Kier molecular flexibility index (Phi) is 6.87. The molecule has 1 aliphatic heterocycles. The molecule has 154 valence electrons. The maximum atomic E-state index is 13.6. The van der Waals surface area contributed by atoms with Crippen molar-refractivity contribution in [1.29, 1.82) is 0 Å². The average molecular weight is 419 g/mol. The number of benzene rings is 2. The fourth-order valence-corrected chi connectivity index (χ4v) is 3.56. The van der Waals surface area contributed by atoms with Gasteiger partial charge in [-0.15, -0.1) is 0 Å². The summed E-state index contributed by atoms with van der Waals surface area (Å²) >= 11 is 5.86. The minimum Gasteiger partial charge on any atom is -0.483 e. The van der Waals surface area contributed by atoms with Crippen LogP contribution in [-0.4, -0.2) is 54.8 Å². The monoisotopic (exact) mass is 418 g/mol. The number of aldehydes is 1. The maximum absolute atomic E-state index is 13.6. The minimum atomic E-state index is -0.180. The van der Waals surface area contributed by atoms with Crippen LogP contribution in [0, 0.1) is 19.7 Å². The quantitative estimate of drug-likeness (QED) is 0.672. The van der Waals surface area contributed by atoms with Gasteiger partial charge in [0.15, 0.2) is 12.9 Å². The molecule has 1 aliphatic rings. The summed E-state index contributed by atoms with van der Waals surface area (Å²) in [5, 5.41) is 0.438. The molecule has 0 bridgehead atoms. The lowest BCUT2D eigenvalue weighted by atomic mass is 10.0. The summed E-state index contributed by atoms with van der Waals surface area (Å²) in [6, 6.07) is 8.18. The lowest BCUT2D eigenvalue weighted by molar-refractivity contribution is -0.135. The van der Waals surface area contributed by atoms with E-state index in [2.05, 4.69) is 4.90 Å². The summed E-state index contributed by atoms with van der Waals surface area (Å²) in [7, 11) is 0. The smallest absolute Gasteiger partial charge is 0.260 e. The van der Waals surface area contributed by atoms with Crippen LogP contribution in [-0.2, 0) is 11.3 Å². The van der Waals surface area contributed by atoms with Crippen molar-refractivity contribution in [3.05, 3.63) is 63.4 Å². The van der Waals surface area contributed by atoms with Crippen molar-refractivity contribution in [3.8, 4) is 5.75 Å². The van der Waals surface area contributed by atoms with Crippen molar-refractivity contribution in [2.75, 3.05) is 32.8 Å². The SMILES string of the molecule is Cc1cc(CN2CCN(C(=O)COc3ccc(Cl)cc3C=O)CC2)c(C)cc1F. The predicted octanol–water partition coefficient (Wildman–Crippen LogP) is 3.63. The van der Waals surface area contributed by atoms with Gasteiger partial charge in [-0.2, -0.15) is 0 Å². The second kappa shape index (κ2) is 9.37. The molecule has 1 amide bonds. The van der Waals surface area contributed by atoms with Gasteiger partial charge in [0.05, 0.1) is 5.56 Å². The Morgan fingerprint density at radius 1 is 1.14 bits per heavy atom. The second-order valence-corrected chi connectivity index (χ2v) is 7.71. The van der Waals surface area contributed by atoms with E-state index in [-0.39, 0.29) is 18.3 Å². The van der Waals surface area contributed by atoms with Gasteiger partial charge >= 0.3 is 0 Å². The molecule has 7 heteroatoms. The summed E-state index contributed by atoms with van der Waals surface area (Å²) in [5.74, 6) is 0.0453. The molecule has 1 fully saturated rings.